The van der Waals surface area contributed by atoms with E-state index in [-0.39, 0.29) is 11.9 Å². The van der Waals surface area contributed by atoms with Crippen LogP contribution in [0.3, 0.4) is 0 Å². The van der Waals surface area contributed by atoms with Crippen molar-refractivity contribution in [2.24, 2.45) is 0 Å². The molecule has 162 valence electrons. The summed E-state index contributed by atoms with van der Waals surface area (Å²) in [5.41, 5.74) is 3.01. The number of amides is 1. The first kappa shape index (κ1) is 21.5. The van der Waals surface area contributed by atoms with E-state index in [1.54, 1.807) is 0 Å². The van der Waals surface area contributed by atoms with E-state index in [9.17, 15) is 4.79 Å². The van der Waals surface area contributed by atoms with Gasteiger partial charge >= 0.3 is 0 Å². The fourth-order valence-corrected chi connectivity index (χ4v) is 4.40. The molecule has 3 aromatic rings. The number of rotatable bonds is 6. The molecular weight excluding hydrogens is 406 g/mol. The number of hydrogen-bond donors (Lipinski definition) is 1. The largest absolute Gasteiger partial charge is 0.349 e. The fourth-order valence-electron chi connectivity index (χ4n) is 4.08. The quantitative estimate of drug-likeness (QED) is 0.588. The van der Waals surface area contributed by atoms with Crippen molar-refractivity contribution in [3.8, 4) is 11.4 Å². The topological polar surface area (TPSA) is 55.1 Å². The van der Waals surface area contributed by atoms with Crippen molar-refractivity contribution in [2.45, 2.75) is 45.9 Å². The smallest absolute Gasteiger partial charge is 0.251 e. The van der Waals surface area contributed by atoms with E-state index in [0.29, 0.717) is 12.2 Å². The van der Waals surface area contributed by atoms with Crippen molar-refractivity contribution in [1.29, 1.82) is 0 Å². The first-order valence-corrected chi connectivity index (χ1v) is 11.3. The van der Waals surface area contributed by atoms with Gasteiger partial charge in [-0.05, 0) is 57.1 Å². The number of likely N-dealkylation sites (tertiary alicyclic amines) is 1. The maximum absolute atomic E-state index is 12.4. The van der Waals surface area contributed by atoms with Gasteiger partial charge < -0.3 is 9.88 Å². The molecule has 31 heavy (non-hydrogen) atoms. The second-order valence-corrected chi connectivity index (χ2v) is 8.46. The molecule has 2 heterocycles. The summed E-state index contributed by atoms with van der Waals surface area (Å²) in [6, 6.07) is 18.0. The van der Waals surface area contributed by atoms with Crippen molar-refractivity contribution in [3.63, 3.8) is 0 Å². The second-order valence-electron chi connectivity index (χ2n) is 8.09. The van der Waals surface area contributed by atoms with E-state index < -0.39 is 0 Å². The summed E-state index contributed by atoms with van der Waals surface area (Å²) < 4.78 is 4.77. The zero-order valence-electron chi connectivity index (χ0n) is 18.1. The Kier molecular flexibility index (Phi) is 6.63. The molecule has 4 rings (SSSR count). The van der Waals surface area contributed by atoms with Crippen LogP contribution < -0.4 is 5.32 Å². The molecular formula is C24H29N5OS. The normalized spacial score (nSPS) is 15.2. The van der Waals surface area contributed by atoms with Gasteiger partial charge in [-0.25, -0.2) is 4.68 Å². The SMILES string of the molecule is CCn1c(-c2cccc(C)c2)nn(CN2CCC(NC(=O)c3ccccc3)CC2)c1=S. The highest BCUT2D eigenvalue weighted by molar-refractivity contribution is 7.71. The molecule has 6 nitrogen and oxygen atoms in total. The minimum atomic E-state index is 0.00533. The number of benzene rings is 2. The van der Waals surface area contributed by atoms with Crippen molar-refractivity contribution in [3.05, 3.63) is 70.5 Å². The Morgan fingerprint density at radius 1 is 1.13 bits per heavy atom. The van der Waals surface area contributed by atoms with Crippen molar-refractivity contribution in [2.75, 3.05) is 13.1 Å². The first-order chi connectivity index (χ1) is 15.0. The average Bonchev–Trinajstić information content (AvgIpc) is 3.11. The van der Waals surface area contributed by atoms with E-state index in [4.69, 9.17) is 17.3 Å². The standard InChI is InChI=1S/C24H29N5OS/c1-3-28-22(20-11-7-8-18(2)16-20)26-29(24(28)31)17-27-14-12-21(13-15-27)25-23(30)19-9-5-4-6-10-19/h4-11,16,21H,3,12-15,17H2,1-2H3,(H,25,30). The number of aryl methyl sites for hydroxylation is 1. The molecule has 0 unspecified atom stereocenters. The van der Waals surface area contributed by atoms with Gasteiger partial charge in [0.15, 0.2) is 10.6 Å². The minimum absolute atomic E-state index is 0.00533. The van der Waals surface area contributed by atoms with Crippen molar-refractivity contribution >= 4 is 18.1 Å². The molecule has 1 aliphatic rings. The van der Waals surface area contributed by atoms with Crippen LogP contribution in [0.2, 0.25) is 0 Å². The van der Waals surface area contributed by atoms with Gasteiger partial charge in [0.25, 0.3) is 5.91 Å². The summed E-state index contributed by atoms with van der Waals surface area (Å²) in [5.74, 6) is 0.923. The highest BCUT2D eigenvalue weighted by atomic mass is 32.1. The Morgan fingerprint density at radius 2 is 1.87 bits per heavy atom. The number of piperidine rings is 1. The van der Waals surface area contributed by atoms with Gasteiger partial charge in [0.05, 0.1) is 6.67 Å². The lowest BCUT2D eigenvalue weighted by Gasteiger charge is -2.32. The fraction of sp³-hybridized carbons (Fsp3) is 0.375. The summed E-state index contributed by atoms with van der Waals surface area (Å²) in [5, 5.41) is 8.02. The number of hydrogen-bond acceptors (Lipinski definition) is 4. The van der Waals surface area contributed by atoms with Crippen molar-refractivity contribution < 1.29 is 4.79 Å². The third-order valence-corrected chi connectivity index (χ3v) is 6.24. The predicted octanol–water partition coefficient (Wildman–Crippen LogP) is 4.26. The molecule has 1 saturated heterocycles. The number of nitrogens with zero attached hydrogens (tertiary/aromatic N) is 4. The monoisotopic (exact) mass is 435 g/mol. The van der Waals surface area contributed by atoms with Crippen LogP contribution >= 0.6 is 12.2 Å². The van der Waals surface area contributed by atoms with Gasteiger partial charge in [-0.1, -0.05) is 42.0 Å². The number of nitrogens with one attached hydrogen (secondary N) is 1. The molecule has 1 N–H and O–H groups in total. The van der Waals surface area contributed by atoms with Crippen LogP contribution in [0.25, 0.3) is 11.4 Å². The predicted molar refractivity (Wildman–Crippen MR) is 125 cm³/mol. The molecule has 0 bridgehead atoms. The molecule has 1 amide bonds. The number of carbonyl (C=O) groups excluding carboxylic acids is 1. The summed E-state index contributed by atoms with van der Waals surface area (Å²) in [6.07, 6.45) is 1.84. The molecule has 1 aromatic heterocycles. The Hall–Kier alpha value is -2.77. The zero-order chi connectivity index (χ0) is 21.8. The van der Waals surface area contributed by atoms with E-state index in [0.717, 1.165) is 48.6 Å². The van der Waals surface area contributed by atoms with Crippen LogP contribution in [0.15, 0.2) is 54.6 Å². The highest BCUT2D eigenvalue weighted by Crippen LogP contribution is 2.20. The third kappa shape index (κ3) is 4.94. The van der Waals surface area contributed by atoms with Gasteiger partial charge in [-0.15, -0.1) is 0 Å². The summed E-state index contributed by atoms with van der Waals surface area (Å²) >= 11 is 5.73. The molecule has 1 fully saturated rings. The summed E-state index contributed by atoms with van der Waals surface area (Å²) in [4.78, 5) is 14.8. The van der Waals surface area contributed by atoms with Gasteiger partial charge in [0, 0.05) is 36.8 Å². The zero-order valence-corrected chi connectivity index (χ0v) is 18.9. The minimum Gasteiger partial charge on any atom is -0.349 e. The van der Waals surface area contributed by atoms with Crippen LogP contribution in [0, 0.1) is 11.7 Å². The van der Waals surface area contributed by atoms with Gasteiger partial charge in [-0.2, -0.15) is 5.10 Å². The molecule has 0 saturated carbocycles. The molecule has 0 atom stereocenters. The maximum Gasteiger partial charge on any atom is 0.251 e. The highest BCUT2D eigenvalue weighted by Gasteiger charge is 2.22. The molecule has 7 heteroatoms. The molecule has 1 aliphatic heterocycles. The molecule has 0 radical (unpaired) electrons. The Balaban J connectivity index is 1.40. The van der Waals surface area contributed by atoms with Gasteiger partial charge in [0.1, 0.15) is 0 Å². The van der Waals surface area contributed by atoms with E-state index in [1.165, 1.54) is 5.56 Å². The average molecular weight is 436 g/mol. The molecule has 2 aromatic carbocycles. The Morgan fingerprint density at radius 3 is 2.55 bits per heavy atom. The van der Waals surface area contributed by atoms with Crippen LogP contribution in [0.4, 0.5) is 0 Å². The maximum atomic E-state index is 12.4. The van der Waals surface area contributed by atoms with E-state index in [1.807, 2.05) is 35.0 Å². The molecule has 0 spiro atoms. The van der Waals surface area contributed by atoms with Crippen LogP contribution in [0.1, 0.15) is 35.7 Å². The lowest BCUT2D eigenvalue weighted by atomic mass is 10.0. The lowest BCUT2D eigenvalue weighted by Crippen LogP contribution is -2.45. The van der Waals surface area contributed by atoms with Gasteiger partial charge in [-0.3, -0.25) is 9.69 Å². The number of aromatic nitrogens is 3. The van der Waals surface area contributed by atoms with E-state index >= 15 is 0 Å². The van der Waals surface area contributed by atoms with E-state index in [2.05, 4.69) is 52.9 Å². The Labute approximate surface area is 188 Å². The van der Waals surface area contributed by atoms with Crippen molar-refractivity contribution in [1.82, 2.24) is 24.6 Å². The Bertz CT molecular complexity index is 1100. The summed E-state index contributed by atoms with van der Waals surface area (Å²) in [6.45, 7) is 7.45. The number of carbonyl (C=O) groups is 1. The van der Waals surface area contributed by atoms with Crippen LogP contribution in [-0.4, -0.2) is 44.3 Å². The van der Waals surface area contributed by atoms with Crippen LogP contribution in [0.5, 0.6) is 0 Å². The lowest BCUT2D eigenvalue weighted by molar-refractivity contribution is 0.0896. The first-order valence-electron chi connectivity index (χ1n) is 10.9. The third-order valence-electron chi connectivity index (χ3n) is 5.81. The molecule has 0 aliphatic carbocycles. The second kappa shape index (κ2) is 9.58. The van der Waals surface area contributed by atoms with Gasteiger partial charge in [0.2, 0.25) is 0 Å². The van der Waals surface area contributed by atoms with Crippen LogP contribution in [-0.2, 0) is 13.2 Å². The summed E-state index contributed by atoms with van der Waals surface area (Å²) in [7, 11) is 0.